The van der Waals surface area contributed by atoms with Crippen molar-refractivity contribution in [1.82, 2.24) is 4.98 Å². The average Bonchev–Trinajstić information content (AvgIpc) is 2.70. The Balaban J connectivity index is 1.95. The molecule has 2 heteroatoms. The van der Waals surface area contributed by atoms with Crippen molar-refractivity contribution >= 4 is 11.1 Å². The SMILES string of the molecule is Cc1cccc(Cc2nc3cc(C)ccc3o2)c1. The summed E-state index contributed by atoms with van der Waals surface area (Å²) in [4.78, 5) is 4.53. The number of fused-ring (bicyclic) bond motifs is 1. The fourth-order valence-electron chi connectivity index (χ4n) is 2.16. The number of nitrogens with zero attached hydrogens (tertiary/aromatic N) is 1. The third-order valence-corrected chi connectivity index (χ3v) is 3.03. The van der Waals surface area contributed by atoms with Crippen LogP contribution in [0.1, 0.15) is 22.6 Å². The van der Waals surface area contributed by atoms with Gasteiger partial charge in [-0.3, -0.25) is 0 Å². The van der Waals surface area contributed by atoms with Crippen LogP contribution >= 0.6 is 0 Å². The summed E-state index contributed by atoms with van der Waals surface area (Å²) < 4.78 is 5.76. The summed E-state index contributed by atoms with van der Waals surface area (Å²) in [7, 11) is 0. The largest absolute Gasteiger partial charge is 0.440 e. The van der Waals surface area contributed by atoms with Gasteiger partial charge in [0.2, 0.25) is 0 Å². The van der Waals surface area contributed by atoms with Gasteiger partial charge in [-0.15, -0.1) is 0 Å². The van der Waals surface area contributed by atoms with Gasteiger partial charge in [0.1, 0.15) is 5.52 Å². The summed E-state index contributed by atoms with van der Waals surface area (Å²) >= 11 is 0. The van der Waals surface area contributed by atoms with Gasteiger partial charge in [-0.1, -0.05) is 35.9 Å². The molecule has 0 unspecified atom stereocenters. The minimum atomic E-state index is 0.745. The van der Waals surface area contributed by atoms with E-state index < -0.39 is 0 Å². The predicted molar refractivity (Wildman–Crippen MR) is 72.7 cm³/mol. The number of benzene rings is 2. The maximum Gasteiger partial charge on any atom is 0.199 e. The molecule has 18 heavy (non-hydrogen) atoms. The molecule has 1 heterocycles. The van der Waals surface area contributed by atoms with E-state index >= 15 is 0 Å². The van der Waals surface area contributed by atoms with Crippen LogP contribution in [-0.4, -0.2) is 4.98 Å². The van der Waals surface area contributed by atoms with Crippen molar-refractivity contribution in [3.8, 4) is 0 Å². The summed E-state index contributed by atoms with van der Waals surface area (Å²) in [6, 6.07) is 14.5. The smallest absolute Gasteiger partial charge is 0.199 e. The highest BCUT2D eigenvalue weighted by atomic mass is 16.3. The second-order valence-corrected chi connectivity index (χ2v) is 4.74. The van der Waals surface area contributed by atoms with E-state index in [1.54, 1.807) is 0 Å². The number of oxazole rings is 1. The van der Waals surface area contributed by atoms with Crippen LogP contribution in [0.15, 0.2) is 46.9 Å². The Kier molecular flexibility index (Phi) is 2.63. The zero-order chi connectivity index (χ0) is 12.5. The van der Waals surface area contributed by atoms with Crippen LogP contribution in [0.25, 0.3) is 11.1 Å². The van der Waals surface area contributed by atoms with Gasteiger partial charge in [-0.25, -0.2) is 4.98 Å². The Labute approximate surface area is 106 Å². The van der Waals surface area contributed by atoms with Crippen molar-refractivity contribution in [1.29, 1.82) is 0 Å². The lowest BCUT2D eigenvalue weighted by molar-refractivity contribution is 0.544. The van der Waals surface area contributed by atoms with Crippen molar-refractivity contribution in [2.75, 3.05) is 0 Å². The first-order valence-corrected chi connectivity index (χ1v) is 6.12. The summed E-state index contributed by atoms with van der Waals surface area (Å²) in [5.41, 5.74) is 5.51. The zero-order valence-corrected chi connectivity index (χ0v) is 10.6. The van der Waals surface area contributed by atoms with Gasteiger partial charge < -0.3 is 4.42 Å². The first-order chi connectivity index (χ1) is 8.70. The van der Waals surface area contributed by atoms with Gasteiger partial charge in [0, 0.05) is 6.42 Å². The highest BCUT2D eigenvalue weighted by Crippen LogP contribution is 2.19. The lowest BCUT2D eigenvalue weighted by Crippen LogP contribution is -1.88. The molecule has 1 aromatic heterocycles. The third-order valence-electron chi connectivity index (χ3n) is 3.03. The summed E-state index contributed by atoms with van der Waals surface area (Å²) in [6.45, 7) is 4.16. The van der Waals surface area contributed by atoms with E-state index in [4.69, 9.17) is 4.42 Å². The maximum atomic E-state index is 5.76. The van der Waals surface area contributed by atoms with Crippen LogP contribution in [0.2, 0.25) is 0 Å². The number of aromatic nitrogens is 1. The Bertz CT molecular complexity index is 697. The molecule has 0 radical (unpaired) electrons. The molecule has 0 aliphatic rings. The van der Waals surface area contributed by atoms with Gasteiger partial charge in [0.15, 0.2) is 11.5 Å². The Morgan fingerprint density at radius 3 is 2.67 bits per heavy atom. The summed E-state index contributed by atoms with van der Waals surface area (Å²) in [6.07, 6.45) is 0.745. The van der Waals surface area contributed by atoms with E-state index in [9.17, 15) is 0 Å². The predicted octanol–water partition coefficient (Wildman–Crippen LogP) is 4.04. The van der Waals surface area contributed by atoms with Crippen LogP contribution in [0, 0.1) is 13.8 Å². The first-order valence-electron chi connectivity index (χ1n) is 6.12. The van der Waals surface area contributed by atoms with Crippen LogP contribution in [0.3, 0.4) is 0 Å². The van der Waals surface area contributed by atoms with Gasteiger partial charge in [0.05, 0.1) is 0 Å². The minimum Gasteiger partial charge on any atom is -0.440 e. The molecule has 0 saturated carbocycles. The molecule has 2 aromatic carbocycles. The van der Waals surface area contributed by atoms with E-state index in [-0.39, 0.29) is 0 Å². The van der Waals surface area contributed by atoms with Gasteiger partial charge in [-0.2, -0.15) is 0 Å². The number of hydrogen-bond acceptors (Lipinski definition) is 2. The molecular weight excluding hydrogens is 222 g/mol. The standard InChI is InChI=1S/C16H15NO/c1-11-4-3-5-13(8-11)10-16-17-14-9-12(2)6-7-15(14)18-16/h3-9H,10H2,1-2H3. The molecule has 0 atom stereocenters. The average molecular weight is 237 g/mol. The van der Waals surface area contributed by atoms with Crippen molar-refractivity contribution in [3.05, 3.63) is 65.0 Å². The molecule has 0 saturated heterocycles. The number of hydrogen-bond donors (Lipinski definition) is 0. The van der Waals surface area contributed by atoms with Crippen molar-refractivity contribution < 1.29 is 4.42 Å². The molecule has 0 spiro atoms. The molecule has 2 nitrogen and oxygen atoms in total. The second-order valence-electron chi connectivity index (χ2n) is 4.74. The normalized spacial score (nSPS) is 11.0. The first kappa shape index (κ1) is 11.0. The molecule has 0 aliphatic carbocycles. The molecule has 0 amide bonds. The number of rotatable bonds is 2. The number of aryl methyl sites for hydroxylation is 2. The lowest BCUT2D eigenvalue weighted by Gasteiger charge is -1.98. The molecule has 0 fully saturated rings. The summed E-state index contributed by atoms with van der Waals surface area (Å²) in [5, 5.41) is 0. The molecule has 0 bridgehead atoms. The van der Waals surface area contributed by atoms with Gasteiger partial charge in [-0.05, 0) is 37.1 Å². The fraction of sp³-hybridized carbons (Fsp3) is 0.188. The van der Waals surface area contributed by atoms with Crippen LogP contribution in [-0.2, 0) is 6.42 Å². The lowest BCUT2D eigenvalue weighted by atomic mass is 10.1. The van der Waals surface area contributed by atoms with Crippen molar-refractivity contribution in [3.63, 3.8) is 0 Å². The quantitative estimate of drug-likeness (QED) is 0.672. The molecule has 3 rings (SSSR count). The van der Waals surface area contributed by atoms with E-state index in [0.29, 0.717) is 0 Å². The Morgan fingerprint density at radius 2 is 1.83 bits per heavy atom. The highest BCUT2D eigenvalue weighted by Gasteiger charge is 2.06. The van der Waals surface area contributed by atoms with Crippen LogP contribution < -0.4 is 0 Å². The van der Waals surface area contributed by atoms with Gasteiger partial charge in [0.25, 0.3) is 0 Å². The Morgan fingerprint density at radius 1 is 1.00 bits per heavy atom. The second kappa shape index (κ2) is 4.30. The molecule has 90 valence electrons. The third kappa shape index (κ3) is 2.14. The van der Waals surface area contributed by atoms with Crippen molar-refractivity contribution in [2.24, 2.45) is 0 Å². The van der Waals surface area contributed by atoms with E-state index in [1.807, 2.05) is 12.1 Å². The molecule has 3 aromatic rings. The van der Waals surface area contributed by atoms with E-state index in [2.05, 4.69) is 49.2 Å². The van der Waals surface area contributed by atoms with E-state index in [0.717, 1.165) is 23.4 Å². The molecule has 0 aliphatic heterocycles. The highest BCUT2D eigenvalue weighted by molar-refractivity contribution is 5.73. The monoisotopic (exact) mass is 237 g/mol. The van der Waals surface area contributed by atoms with Gasteiger partial charge >= 0.3 is 0 Å². The summed E-state index contributed by atoms with van der Waals surface area (Å²) in [5.74, 6) is 0.779. The minimum absolute atomic E-state index is 0.745. The maximum absolute atomic E-state index is 5.76. The van der Waals surface area contributed by atoms with Crippen molar-refractivity contribution in [2.45, 2.75) is 20.3 Å². The molecular formula is C16H15NO. The molecule has 0 N–H and O–H groups in total. The van der Waals surface area contributed by atoms with Crippen LogP contribution in [0.5, 0.6) is 0 Å². The Hall–Kier alpha value is -2.09. The van der Waals surface area contributed by atoms with Crippen LogP contribution in [0.4, 0.5) is 0 Å². The zero-order valence-electron chi connectivity index (χ0n) is 10.6. The fourth-order valence-corrected chi connectivity index (χ4v) is 2.16. The topological polar surface area (TPSA) is 26.0 Å². The van der Waals surface area contributed by atoms with E-state index in [1.165, 1.54) is 16.7 Å².